The monoisotopic (exact) mass is 422 g/mol. The fraction of sp³-hybridized carbons (Fsp3) is 0.158. The molecule has 0 unspecified atom stereocenters. The Kier molecular flexibility index (Phi) is 6.76. The first-order valence-electron chi connectivity index (χ1n) is 8.22. The lowest BCUT2D eigenvalue weighted by Gasteiger charge is -2.14. The van der Waals surface area contributed by atoms with Crippen LogP contribution in [0, 0.1) is 0 Å². The number of fused-ring (bicyclic) bond motifs is 1. The first-order valence-corrected chi connectivity index (χ1v) is 9.04. The molecule has 0 fully saturated rings. The molecule has 1 aromatic heterocycles. The van der Waals surface area contributed by atoms with Crippen LogP contribution in [0.4, 0.5) is 0 Å². The minimum absolute atomic E-state index is 0.0989. The summed E-state index contributed by atoms with van der Waals surface area (Å²) in [6, 6.07) is 11.8. The lowest BCUT2D eigenvalue weighted by Crippen LogP contribution is -2.36. The van der Waals surface area contributed by atoms with Gasteiger partial charge in [0.2, 0.25) is 0 Å². The minimum Gasteiger partial charge on any atom is -0.481 e. The van der Waals surface area contributed by atoms with Crippen molar-refractivity contribution in [2.24, 2.45) is 0 Å². The molecule has 1 heterocycles. The van der Waals surface area contributed by atoms with Crippen molar-refractivity contribution in [3.63, 3.8) is 0 Å². The molecular formula is C19H16Cl2N2O5. The van der Waals surface area contributed by atoms with Crippen LogP contribution in [0.15, 0.2) is 58.5 Å². The summed E-state index contributed by atoms with van der Waals surface area (Å²) in [7, 11) is 0. The van der Waals surface area contributed by atoms with Crippen molar-refractivity contribution in [1.82, 2.24) is 10.5 Å². The molecule has 28 heavy (non-hydrogen) atoms. The van der Waals surface area contributed by atoms with Gasteiger partial charge in [-0.2, -0.15) is 4.98 Å². The summed E-state index contributed by atoms with van der Waals surface area (Å²) in [6.07, 6.45) is 0.882. The molecule has 7 nitrogen and oxygen atoms in total. The number of oxazole rings is 1. The van der Waals surface area contributed by atoms with Crippen LogP contribution in [0.5, 0.6) is 17.6 Å². The van der Waals surface area contributed by atoms with Gasteiger partial charge in [0.1, 0.15) is 17.0 Å². The Morgan fingerprint density at radius 2 is 2.00 bits per heavy atom. The summed E-state index contributed by atoms with van der Waals surface area (Å²) >= 11 is 11.3. The topological polar surface area (TPSA) is 82.8 Å². The number of aromatic nitrogens is 1. The van der Waals surface area contributed by atoms with Gasteiger partial charge in [-0.25, -0.2) is 5.48 Å². The van der Waals surface area contributed by atoms with Crippen LogP contribution in [-0.4, -0.2) is 23.6 Å². The van der Waals surface area contributed by atoms with E-state index in [0.717, 1.165) is 0 Å². The SMILES string of the molecule is C[C@@H](Oc1ccc(Oc2nc3ccc(Cl)cc3o2)cc1)C(=O)NOC/C=C\Cl. The molecule has 3 aromatic rings. The van der Waals surface area contributed by atoms with Crippen molar-refractivity contribution in [1.29, 1.82) is 0 Å². The van der Waals surface area contributed by atoms with E-state index >= 15 is 0 Å². The highest BCUT2D eigenvalue weighted by Crippen LogP contribution is 2.28. The number of hydrogen-bond acceptors (Lipinski definition) is 6. The third-order valence-corrected chi connectivity index (χ3v) is 3.90. The number of amides is 1. The number of hydroxylamine groups is 1. The Labute approximate surface area is 170 Å². The second-order valence-corrected chi connectivity index (χ2v) is 6.25. The molecule has 9 heteroatoms. The zero-order valence-electron chi connectivity index (χ0n) is 14.7. The van der Waals surface area contributed by atoms with Crippen LogP contribution >= 0.6 is 23.2 Å². The zero-order chi connectivity index (χ0) is 19.9. The average molecular weight is 423 g/mol. The molecular weight excluding hydrogens is 407 g/mol. The van der Waals surface area contributed by atoms with E-state index < -0.39 is 12.0 Å². The summed E-state index contributed by atoms with van der Waals surface area (Å²) in [4.78, 5) is 21.0. The molecule has 0 aliphatic heterocycles. The second kappa shape index (κ2) is 9.45. The second-order valence-electron chi connectivity index (χ2n) is 5.56. The van der Waals surface area contributed by atoms with Gasteiger partial charge >= 0.3 is 6.08 Å². The Hall–Kier alpha value is -2.74. The van der Waals surface area contributed by atoms with Crippen LogP contribution in [0.3, 0.4) is 0 Å². The molecule has 2 aromatic carbocycles. The van der Waals surface area contributed by atoms with Crippen molar-refractivity contribution >= 4 is 40.2 Å². The Morgan fingerprint density at radius 3 is 2.75 bits per heavy atom. The maximum absolute atomic E-state index is 11.9. The normalized spacial score (nSPS) is 12.2. The van der Waals surface area contributed by atoms with Gasteiger partial charge in [0.15, 0.2) is 11.7 Å². The summed E-state index contributed by atoms with van der Waals surface area (Å²) in [5.41, 5.74) is 4.74. The number of halogens is 2. The first kappa shape index (κ1) is 20.0. The molecule has 1 N–H and O–H groups in total. The Morgan fingerprint density at radius 1 is 1.25 bits per heavy atom. The van der Waals surface area contributed by atoms with Gasteiger partial charge in [0, 0.05) is 16.6 Å². The highest BCUT2D eigenvalue weighted by atomic mass is 35.5. The summed E-state index contributed by atoms with van der Waals surface area (Å²) in [5, 5.41) is 0.552. The largest absolute Gasteiger partial charge is 0.481 e. The molecule has 0 aliphatic rings. The van der Waals surface area contributed by atoms with E-state index in [1.54, 1.807) is 49.4 Å². The number of carbonyl (C=O) groups is 1. The van der Waals surface area contributed by atoms with E-state index in [0.29, 0.717) is 27.6 Å². The summed E-state index contributed by atoms with van der Waals surface area (Å²) < 4.78 is 16.7. The van der Waals surface area contributed by atoms with Gasteiger partial charge in [-0.1, -0.05) is 23.2 Å². The lowest BCUT2D eigenvalue weighted by molar-refractivity contribution is -0.139. The maximum Gasteiger partial charge on any atom is 0.400 e. The van der Waals surface area contributed by atoms with Gasteiger partial charge in [0.25, 0.3) is 5.91 Å². The average Bonchev–Trinajstić information content (AvgIpc) is 3.07. The van der Waals surface area contributed by atoms with E-state index in [1.165, 1.54) is 11.6 Å². The predicted octanol–water partition coefficient (Wildman–Crippen LogP) is 4.84. The van der Waals surface area contributed by atoms with Crippen molar-refractivity contribution in [2.45, 2.75) is 13.0 Å². The number of ether oxygens (including phenoxy) is 2. The van der Waals surface area contributed by atoms with Crippen LogP contribution in [0.2, 0.25) is 5.02 Å². The van der Waals surface area contributed by atoms with Gasteiger partial charge < -0.3 is 13.9 Å². The van der Waals surface area contributed by atoms with Gasteiger partial charge in [-0.15, -0.1) is 0 Å². The fourth-order valence-corrected chi connectivity index (χ4v) is 2.38. The standard InChI is InChI=1S/C19H16Cl2N2O5/c1-12(18(24)23-25-10-2-9-20)26-14-4-6-15(7-5-14)27-19-22-16-8-3-13(21)11-17(16)28-19/h2-9,11-12H,10H2,1H3,(H,23,24)/b9-2-/t12-/m1/s1. The molecule has 146 valence electrons. The van der Waals surface area contributed by atoms with Crippen LogP contribution in [-0.2, 0) is 9.63 Å². The third kappa shape index (κ3) is 5.39. The van der Waals surface area contributed by atoms with Gasteiger partial charge in [-0.3, -0.25) is 9.63 Å². The number of rotatable bonds is 8. The molecule has 0 saturated carbocycles. The van der Waals surface area contributed by atoms with E-state index in [-0.39, 0.29) is 12.7 Å². The number of hydrogen-bond donors (Lipinski definition) is 1. The van der Waals surface area contributed by atoms with E-state index in [1.807, 2.05) is 0 Å². The molecule has 1 atom stereocenters. The molecule has 1 amide bonds. The van der Waals surface area contributed by atoms with Crippen molar-refractivity contribution in [3.8, 4) is 17.6 Å². The smallest absolute Gasteiger partial charge is 0.400 e. The third-order valence-electron chi connectivity index (χ3n) is 3.48. The first-order chi connectivity index (χ1) is 13.5. The maximum atomic E-state index is 11.9. The summed E-state index contributed by atoms with van der Waals surface area (Å²) in [5.74, 6) is 0.562. The van der Waals surface area contributed by atoms with E-state index in [9.17, 15) is 4.79 Å². The quantitative estimate of drug-likeness (QED) is 0.412. The summed E-state index contributed by atoms with van der Waals surface area (Å²) in [6.45, 7) is 1.76. The van der Waals surface area contributed by atoms with E-state index in [4.69, 9.17) is 41.9 Å². The predicted molar refractivity (Wildman–Crippen MR) is 105 cm³/mol. The van der Waals surface area contributed by atoms with Crippen LogP contribution in [0.1, 0.15) is 6.92 Å². The number of carbonyl (C=O) groups excluding carboxylic acids is 1. The molecule has 0 radical (unpaired) electrons. The highest BCUT2D eigenvalue weighted by molar-refractivity contribution is 6.31. The molecule has 3 rings (SSSR count). The van der Waals surface area contributed by atoms with Crippen molar-refractivity contribution < 1.29 is 23.5 Å². The van der Waals surface area contributed by atoms with E-state index in [2.05, 4.69) is 10.5 Å². The minimum atomic E-state index is -0.756. The van der Waals surface area contributed by atoms with Crippen molar-refractivity contribution in [3.05, 3.63) is 59.1 Å². The number of nitrogens with one attached hydrogen (secondary N) is 1. The van der Waals surface area contributed by atoms with Crippen LogP contribution in [0.25, 0.3) is 11.1 Å². The fourth-order valence-electron chi connectivity index (χ4n) is 2.15. The molecule has 0 spiro atoms. The van der Waals surface area contributed by atoms with Gasteiger partial charge in [0.05, 0.1) is 6.61 Å². The highest BCUT2D eigenvalue weighted by Gasteiger charge is 2.15. The van der Waals surface area contributed by atoms with Crippen LogP contribution < -0.4 is 15.0 Å². The zero-order valence-corrected chi connectivity index (χ0v) is 16.2. The number of nitrogens with zero attached hydrogens (tertiary/aromatic N) is 1. The molecule has 0 bridgehead atoms. The van der Waals surface area contributed by atoms with Gasteiger partial charge in [-0.05, 0) is 49.4 Å². The molecule has 0 saturated heterocycles. The Balaban J connectivity index is 1.56. The number of benzene rings is 2. The van der Waals surface area contributed by atoms with Crippen molar-refractivity contribution in [2.75, 3.05) is 6.61 Å². The Bertz CT molecular complexity index is 972. The molecule has 0 aliphatic carbocycles. The lowest BCUT2D eigenvalue weighted by atomic mass is 10.3.